The van der Waals surface area contributed by atoms with Crippen molar-refractivity contribution in [2.24, 2.45) is 23.7 Å². The SMILES string of the molecule is Cc1ccc(C(=O)NC2C3CC4CC(C3)CC2C4)c(C)c1. The fraction of sp³-hybridized carbons (Fsp3) is 0.632. The molecule has 1 aromatic carbocycles. The molecule has 1 N–H and O–H groups in total. The topological polar surface area (TPSA) is 29.1 Å². The lowest BCUT2D eigenvalue weighted by molar-refractivity contribution is -0.0119. The van der Waals surface area contributed by atoms with E-state index in [9.17, 15) is 4.79 Å². The third-order valence-corrected chi connectivity index (χ3v) is 6.15. The van der Waals surface area contributed by atoms with Gasteiger partial charge in [0.2, 0.25) is 0 Å². The molecule has 2 nitrogen and oxygen atoms in total. The van der Waals surface area contributed by atoms with Crippen LogP contribution in [0.1, 0.15) is 53.6 Å². The summed E-state index contributed by atoms with van der Waals surface area (Å²) in [6.07, 6.45) is 6.87. The molecule has 0 aromatic heterocycles. The summed E-state index contributed by atoms with van der Waals surface area (Å²) >= 11 is 0. The molecule has 1 aromatic rings. The number of hydrogen-bond acceptors (Lipinski definition) is 1. The predicted octanol–water partition coefficient (Wildman–Crippen LogP) is 3.86. The van der Waals surface area contributed by atoms with Crippen LogP contribution in [-0.2, 0) is 0 Å². The Labute approximate surface area is 127 Å². The largest absolute Gasteiger partial charge is 0.349 e. The van der Waals surface area contributed by atoms with E-state index in [-0.39, 0.29) is 5.91 Å². The fourth-order valence-corrected chi connectivity index (χ4v) is 5.46. The van der Waals surface area contributed by atoms with Crippen molar-refractivity contribution in [1.29, 1.82) is 0 Å². The first kappa shape index (κ1) is 13.4. The second-order valence-corrected chi connectivity index (χ2v) is 7.75. The minimum atomic E-state index is 0.143. The highest BCUT2D eigenvalue weighted by molar-refractivity contribution is 5.95. The summed E-state index contributed by atoms with van der Waals surface area (Å²) in [5, 5.41) is 3.40. The van der Waals surface area contributed by atoms with Crippen LogP contribution < -0.4 is 5.32 Å². The van der Waals surface area contributed by atoms with Gasteiger partial charge in [0.15, 0.2) is 0 Å². The first-order valence-corrected chi connectivity index (χ1v) is 8.48. The van der Waals surface area contributed by atoms with Gasteiger partial charge < -0.3 is 5.32 Å². The summed E-state index contributed by atoms with van der Waals surface area (Å²) in [5.74, 6) is 3.56. The average molecular weight is 283 g/mol. The van der Waals surface area contributed by atoms with Gasteiger partial charge in [0.05, 0.1) is 0 Å². The van der Waals surface area contributed by atoms with Crippen LogP contribution in [0.2, 0.25) is 0 Å². The first-order chi connectivity index (χ1) is 10.1. The standard InChI is InChI=1S/C19H25NO/c1-11-3-4-17(12(2)5-11)19(21)20-18-15-7-13-6-14(9-15)10-16(18)8-13/h3-5,13-16,18H,6-10H2,1-2H3,(H,20,21). The molecule has 0 heterocycles. The first-order valence-electron chi connectivity index (χ1n) is 8.48. The maximum absolute atomic E-state index is 12.7. The summed E-state index contributed by atoms with van der Waals surface area (Å²) < 4.78 is 0. The van der Waals surface area contributed by atoms with Crippen LogP contribution in [0, 0.1) is 37.5 Å². The van der Waals surface area contributed by atoms with Crippen LogP contribution in [0.4, 0.5) is 0 Å². The van der Waals surface area contributed by atoms with Gasteiger partial charge in [-0.2, -0.15) is 0 Å². The smallest absolute Gasteiger partial charge is 0.251 e. The van der Waals surface area contributed by atoms with Crippen LogP contribution in [0.15, 0.2) is 18.2 Å². The maximum Gasteiger partial charge on any atom is 0.251 e. The number of benzene rings is 1. The minimum Gasteiger partial charge on any atom is -0.349 e. The van der Waals surface area contributed by atoms with E-state index in [0.29, 0.717) is 6.04 Å². The summed E-state index contributed by atoms with van der Waals surface area (Å²) in [4.78, 5) is 12.7. The number of carbonyl (C=O) groups is 1. The number of hydrogen-bond donors (Lipinski definition) is 1. The lowest BCUT2D eigenvalue weighted by atomic mass is 9.54. The highest BCUT2D eigenvalue weighted by Crippen LogP contribution is 2.53. The highest BCUT2D eigenvalue weighted by Gasteiger charge is 2.48. The quantitative estimate of drug-likeness (QED) is 0.877. The summed E-state index contributed by atoms with van der Waals surface area (Å²) in [5.41, 5.74) is 3.17. The molecular formula is C19H25NO. The predicted molar refractivity (Wildman–Crippen MR) is 84.2 cm³/mol. The Kier molecular flexibility index (Phi) is 3.09. The number of amides is 1. The van der Waals surface area contributed by atoms with E-state index in [1.807, 2.05) is 19.1 Å². The highest BCUT2D eigenvalue weighted by atomic mass is 16.1. The molecular weight excluding hydrogens is 258 g/mol. The molecule has 1 amide bonds. The number of aryl methyl sites for hydroxylation is 2. The zero-order chi connectivity index (χ0) is 14.6. The van der Waals surface area contributed by atoms with E-state index < -0.39 is 0 Å². The number of rotatable bonds is 2. The molecule has 0 radical (unpaired) electrons. The Hall–Kier alpha value is -1.31. The molecule has 4 saturated carbocycles. The van der Waals surface area contributed by atoms with E-state index >= 15 is 0 Å². The molecule has 4 bridgehead atoms. The van der Waals surface area contributed by atoms with Gasteiger partial charge in [-0.05, 0) is 81.3 Å². The maximum atomic E-state index is 12.7. The van der Waals surface area contributed by atoms with Gasteiger partial charge in [0.25, 0.3) is 5.91 Å². The fourth-order valence-electron chi connectivity index (χ4n) is 5.46. The van der Waals surface area contributed by atoms with Crippen molar-refractivity contribution >= 4 is 5.91 Å². The number of carbonyl (C=O) groups excluding carboxylic acids is 1. The van der Waals surface area contributed by atoms with Crippen LogP contribution in [0.5, 0.6) is 0 Å². The van der Waals surface area contributed by atoms with E-state index in [0.717, 1.165) is 34.8 Å². The van der Waals surface area contributed by atoms with Crippen molar-refractivity contribution in [2.75, 3.05) is 0 Å². The van der Waals surface area contributed by atoms with Gasteiger partial charge in [0, 0.05) is 11.6 Å². The molecule has 0 atom stereocenters. The van der Waals surface area contributed by atoms with Gasteiger partial charge in [-0.1, -0.05) is 17.7 Å². The van der Waals surface area contributed by atoms with Gasteiger partial charge >= 0.3 is 0 Å². The van der Waals surface area contributed by atoms with Crippen molar-refractivity contribution in [1.82, 2.24) is 5.32 Å². The molecule has 0 saturated heterocycles. The molecule has 4 aliphatic rings. The summed E-state index contributed by atoms with van der Waals surface area (Å²) in [6, 6.07) is 6.56. The molecule has 4 aliphatic carbocycles. The second-order valence-electron chi connectivity index (χ2n) is 7.75. The molecule has 112 valence electrons. The Morgan fingerprint density at radius 3 is 2.19 bits per heavy atom. The van der Waals surface area contributed by atoms with E-state index in [2.05, 4.69) is 18.3 Å². The van der Waals surface area contributed by atoms with Crippen molar-refractivity contribution in [2.45, 2.75) is 52.0 Å². The van der Waals surface area contributed by atoms with Crippen LogP contribution in [0.25, 0.3) is 0 Å². The molecule has 2 heteroatoms. The lowest BCUT2D eigenvalue weighted by Crippen LogP contribution is -2.55. The zero-order valence-corrected chi connectivity index (χ0v) is 13.1. The molecule has 5 rings (SSSR count). The van der Waals surface area contributed by atoms with Crippen molar-refractivity contribution < 1.29 is 4.79 Å². The van der Waals surface area contributed by atoms with Crippen LogP contribution in [-0.4, -0.2) is 11.9 Å². The molecule has 21 heavy (non-hydrogen) atoms. The lowest BCUT2D eigenvalue weighted by Gasteiger charge is -2.54. The third kappa shape index (κ3) is 2.29. The average Bonchev–Trinajstić information content (AvgIpc) is 2.41. The molecule has 0 unspecified atom stereocenters. The molecule has 0 aliphatic heterocycles. The summed E-state index contributed by atoms with van der Waals surface area (Å²) in [7, 11) is 0. The van der Waals surface area contributed by atoms with Gasteiger partial charge in [-0.25, -0.2) is 0 Å². The van der Waals surface area contributed by atoms with E-state index in [1.54, 1.807) is 0 Å². The number of nitrogens with one attached hydrogen (secondary N) is 1. The Bertz CT molecular complexity index is 549. The molecule has 4 fully saturated rings. The van der Waals surface area contributed by atoms with E-state index in [4.69, 9.17) is 0 Å². The monoisotopic (exact) mass is 283 g/mol. The normalized spacial score (nSPS) is 36.8. The van der Waals surface area contributed by atoms with Gasteiger partial charge in [-0.3, -0.25) is 4.79 Å². The Morgan fingerprint density at radius 1 is 1.00 bits per heavy atom. The van der Waals surface area contributed by atoms with Gasteiger partial charge in [0.1, 0.15) is 0 Å². The third-order valence-electron chi connectivity index (χ3n) is 6.15. The zero-order valence-electron chi connectivity index (χ0n) is 13.1. The summed E-state index contributed by atoms with van der Waals surface area (Å²) in [6.45, 7) is 4.12. The Morgan fingerprint density at radius 2 is 1.62 bits per heavy atom. The van der Waals surface area contributed by atoms with Crippen LogP contribution in [0.3, 0.4) is 0 Å². The van der Waals surface area contributed by atoms with Crippen molar-refractivity contribution in [3.8, 4) is 0 Å². The van der Waals surface area contributed by atoms with Crippen molar-refractivity contribution in [3.63, 3.8) is 0 Å². The second kappa shape index (κ2) is 4.86. The van der Waals surface area contributed by atoms with Crippen molar-refractivity contribution in [3.05, 3.63) is 34.9 Å². The minimum absolute atomic E-state index is 0.143. The Balaban J connectivity index is 1.52. The van der Waals surface area contributed by atoms with E-state index in [1.165, 1.54) is 37.7 Å². The van der Waals surface area contributed by atoms with Gasteiger partial charge in [-0.15, -0.1) is 0 Å². The van der Waals surface area contributed by atoms with Crippen LogP contribution >= 0.6 is 0 Å². The molecule has 0 spiro atoms.